The molecule has 0 aliphatic heterocycles. The van der Waals surface area contributed by atoms with E-state index in [0.29, 0.717) is 18.3 Å². The summed E-state index contributed by atoms with van der Waals surface area (Å²) in [5.41, 5.74) is 0. The second kappa shape index (κ2) is 17.3. The Morgan fingerprint density at radius 1 is 0.745 bits per heavy atom. The molecule has 1 fully saturated rings. The topological polar surface area (TPSA) is 54.0 Å². The number of benzene rings is 1. The number of unbranched alkanes of at least 4 members (excludes halogenated alkanes) is 3. The van der Waals surface area contributed by atoms with Crippen molar-refractivity contribution in [2.75, 3.05) is 7.11 Å². The minimum atomic E-state index is -2.05. The standard InChI is InChI=1S/C42H76O5SSi3/c1-40(2,3)49(11,12)45-34(38-29-31-23-21-22-25-37(31)48-38)28-27-33-32(24-19-17-18-20-26-39(43)44-10)35(46-50(13,14)41(4,5)6)30-36(33)47-51(15,16)42(7,8)9/h21-23,25,29,32-36H,17-20,24,26-28,30H2,1-16H3/t32-,33-,34-,35-,36-/m1/s1. The highest BCUT2D eigenvalue weighted by Gasteiger charge is 2.51. The van der Waals surface area contributed by atoms with Gasteiger partial charge in [-0.2, -0.15) is 0 Å². The number of fused-ring (bicyclic) bond motifs is 1. The summed E-state index contributed by atoms with van der Waals surface area (Å²) in [6.45, 7) is 35.7. The van der Waals surface area contributed by atoms with E-state index in [2.05, 4.69) is 132 Å². The zero-order chi connectivity index (χ0) is 38.6. The largest absolute Gasteiger partial charge is 0.469 e. The van der Waals surface area contributed by atoms with Crippen LogP contribution in [-0.4, -0.2) is 50.2 Å². The van der Waals surface area contributed by atoms with Crippen LogP contribution >= 0.6 is 11.3 Å². The van der Waals surface area contributed by atoms with Crippen molar-refractivity contribution in [1.29, 1.82) is 0 Å². The molecule has 1 heterocycles. The third-order valence-electron chi connectivity index (χ3n) is 13.1. The second-order valence-electron chi connectivity index (χ2n) is 20.1. The summed E-state index contributed by atoms with van der Waals surface area (Å²) in [5.74, 6) is 0.738. The van der Waals surface area contributed by atoms with Gasteiger partial charge in [0.1, 0.15) is 0 Å². The van der Waals surface area contributed by atoms with Crippen molar-refractivity contribution >= 4 is 52.3 Å². The molecule has 292 valence electrons. The molecule has 0 N–H and O–H groups in total. The predicted molar refractivity (Wildman–Crippen MR) is 228 cm³/mol. The first-order valence-electron chi connectivity index (χ1n) is 19.9. The van der Waals surface area contributed by atoms with Crippen LogP contribution < -0.4 is 0 Å². The molecule has 0 bridgehead atoms. The minimum Gasteiger partial charge on any atom is -0.469 e. The van der Waals surface area contributed by atoms with Gasteiger partial charge in [-0.3, -0.25) is 4.79 Å². The fourth-order valence-electron chi connectivity index (χ4n) is 6.71. The molecular formula is C42H76O5SSi3. The Hall–Kier alpha value is -0.819. The van der Waals surface area contributed by atoms with Crippen LogP contribution in [0, 0.1) is 11.8 Å². The lowest BCUT2D eigenvalue weighted by Gasteiger charge is -2.41. The lowest BCUT2D eigenvalue weighted by Crippen LogP contribution is -2.45. The van der Waals surface area contributed by atoms with Gasteiger partial charge in [0.15, 0.2) is 25.0 Å². The maximum Gasteiger partial charge on any atom is 0.305 e. The molecule has 3 rings (SSSR count). The van der Waals surface area contributed by atoms with Gasteiger partial charge in [0.25, 0.3) is 0 Å². The van der Waals surface area contributed by atoms with Crippen LogP contribution in [0.3, 0.4) is 0 Å². The highest BCUT2D eigenvalue weighted by atomic mass is 32.1. The molecule has 0 radical (unpaired) electrons. The summed E-state index contributed by atoms with van der Waals surface area (Å²) in [6, 6.07) is 11.2. The molecule has 1 saturated carbocycles. The quantitative estimate of drug-likeness (QED) is 0.0910. The summed E-state index contributed by atoms with van der Waals surface area (Å²) in [7, 11) is -4.64. The Morgan fingerprint density at radius 3 is 1.76 bits per heavy atom. The number of rotatable bonds is 17. The number of methoxy groups -OCH3 is 1. The number of thiophene rings is 1. The van der Waals surface area contributed by atoms with Gasteiger partial charge in [-0.15, -0.1) is 11.3 Å². The molecule has 0 unspecified atom stereocenters. The summed E-state index contributed by atoms with van der Waals surface area (Å²) in [5, 5.41) is 1.72. The molecule has 1 aliphatic rings. The van der Waals surface area contributed by atoms with E-state index in [9.17, 15) is 4.79 Å². The van der Waals surface area contributed by atoms with Crippen molar-refractivity contribution in [1.82, 2.24) is 0 Å². The molecule has 9 heteroatoms. The molecule has 0 spiro atoms. The minimum absolute atomic E-state index is 0.0659. The van der Waals surface area contributed by atoms with E-state index in [4.69, 9.17) is 18.0 Å². The first-order valence-corrected chi connectivity index (χ1v) is 29.4. The van der Waals surface area contributed by atoms with E-state index in [1.54, 1.807) is 0 Å². The molecular weight excluding hydrogens is 701 g/mol. The smallest absolute Gasteiger partial charge is 0.305 e. The van der Waals surface area contributed by atoms with Gasteiger partial charge in [-0.1, -0.05) is 99.8 Å². The van der Waals surface area contributed by atoms with E-state index in [1.807, 2.05) is 11.3 Å². The van der Waals surface area contributed by atoms with Crippen molar-refractivity contribution in [3.05, 3.63) is 35.2 Å². The number of esters is 1. The summed E-state index contributed by atoms with van der Waals surface area (Å²) >= 11 is 1.91. The predicted octanol–water partition coefficient (Wildman–Crippen LogP) is 13.7. The van der Waals surface area contributed by atoms with Crippen molar-refractivity contribution in [3.8, 4) is 0 Å². The van der Waals surface area contributed by atoms with Gasteiger partial charge in [0, 0.05) is 16.0 Å². The summed E-state index contributed by atoms with van der Waals surface area (Å²) in [4.78, 5) is 13.1. The lowest BCUT2D eigenvalue weighted by atomic mass is 9.84. The molecule has 1 aromatic carbocycles. The van der Waals surface area contributed by atoms with E-state index < -0.39 is 25.0 Å². The Bertz CT molecular complexity index is 1360. The van der Waals surface area contributed by atoms with Gasteiger partial charge in [0.05, 0.1) is 25.4 Å². The van der Waals surface area contributed by atoms with Crippen LogP contribution in [0.25, 0.3) is 10.1 Å². The monoisotopic (exact) mass is 776 g/mol. The molecule has 0 amide bonds. The molecule has 51 heavy (non-hydrogen) atoms. The lowest BCUT2D eigenvalue weighted by molar-refractivity contribution is -0.140. The van der Waals surface area contributed by atoms with Gasteiger partial charge < -0.3 is 18.0 Å². The van der Waals surface area contributed by atoms with Crippen LogP contribution in [0.4, 0.5) is 0 Å². The Labute approximate surface area is 320 Å². The summed E-state index contributed by atoms with van der Waals surface area (Å²) < 4.78 is 28.5. The average Bonchev–Trinajstić information content (AvgIpc) is 3.55. The number of hydrogen-bond donors (Lipinski definition) is 0. The highest BCUT2D eigenvalue weighted by Crippen LogP contribution is 2.51. The third kappa shape index (κ3) is 11.8. The summed E-state index contributed by atoms with van der Waals surface area (Å²) in [6.07, 6.45) is 9.34. The number of ether oxygens (including phenoxy) is 1. The highest BCUT2D eigenvalue weighted by molar-refractivity contribution is 7.19. The molecule has 2 aromatic rings. The number of carbonyl (C=O) groups is 1. The van der Waals surface area contributed by atoms with Crippen LogP contribution in [0.5, 0.6) is 0 Å². The van der Waals surface area contributed by atoms with Gasteiger partial charge in [-0.25, -0.2) is 0 Å². The zero-order valence-electron chi connectivity index (χ0n) is 35.6. The Balaban J connectivity index is 2.00. The zero-order valence-corrected chi connectivity index (χ0v) is 39.4. The van der Waals surface area contributed by atoms with E-state index in [1.165, 1.54) is 22.1 Å². The van der Waals surface area contributed by atoms with Crippen molar-refractivity contribution < 1.29 is 22.8 Å². The van der Waals surface area contributed by atoms with Crippen molar-refractivity contribution in [3.63, 3.8) is 0 Å². The second-order valence-corrected chi connectivity index (χ2v) is 35.4. The fraction of sp³-hybridized carbons (Fsp3) is 0.786. The van der Waals surface area contributed by atoms with Crippen LogP contribution in [0.2, 0.25) is 54.4 Å². The average molecular weight is 777 g/mol. The van der Waals surface area contributed by atoms with Crippen LogP contribution in [0.15, 0.2) is 30.3 Å². The van der Waals surface area contributed by atoms with Gasteiger partial charge in [0.2, 0.25) is 0 Å². The Kier molecular flexibility index (Phi) is 15.1. The first-order chi connectivity index (χ1) is 23.3. The van der Waals surface area contributed by atoms with E-state index in [0.717, 1.165) is 51.4 Å². The SMILES string of the molecule is COC(=O)CCCCCC[C@@H]1[C@@H](CC[C@@H](O[Si](C)(C)C(C)(C)C)c2cc3ccccc3s2)[C@H](O[Si](C)(C)C(C)(C)C)C[C@H]1O[Si](C)(C)C(C)(C)C. The molecule has 5 nitrogen and oxygen atoms in total. The molecule has 5 atom stereocenters. The van der Waals surface area contributed by atoms with Crippen molar-refractivity contribution in [2.45, 2.75) is 193 Å². The fourth-order valence-corrected chi connectivity index (χ4v) is 12.0. The van der Waals surface area contributed by atoms with Gasteiger partial charge >= 0.3 is 5.97 Å². The van der Waals surface area contributed by atoms with Crippen LogP contribution in [0.1, 0.15) is 131 Å². The maximum absolute atomic E-state index is 11.7. The maximum atomic E-state index is 11.7. The van der Waals surface area contributed by atoms with E-state index >= 15 is 0 Å². The van der Waals surface area contributed by atoms with Crippen LogP contribution in [-0.2, 0) is 22.8 Å². The number of hydrogen-bond acceptors (Lipinski definition) is 6. The molecule has 1 aromatic heterocycles. The molecule has 1 aliphatic carbocycles. The third-order valence-corrected chi connectivity index (χ3v) is 27.8. The normalized spacial score (nSPS) is 21.7. The number of carbonyl (C=O) groups excluding carboxylic acids is 1. The van der Waals surface area contributed by atoms with Crippen molar-refractivity contribution in [2.24, 2.45) is 11.8 Å². The molecule has 0 saturated heterocycles. The van der Waals surface area contributed by atoms with E-state index in [-0.39, 0.29) is 39.4 Å². The first kappa shape index (κ1) is 44.6. The Morgan fingerprint density at radius 2 is 1.25 bits per heavy atom. The van der Waals surface area contributed by atoms with Gasteiger partial charge in [-0.05, 0) is 116 Å².